The van der Waals surface area contributed by atoms with Gasteiger partial charge in [-0.3, -0.25) is 4.98 Å². The maximum absolute atomic E-state index is 10.9. The summed E-state index contributed by atoms with van der Waals surface area (Å²) in [5.41, 5.74) is -0.145. The van der Waals surface area contributed by atoms with Crippen LogP contribution in [0.3, 0.4) is 0 Å². The van der Waals surface area contributed by atoms with Crippen LogP contribution < -0.4 is 0 Å². The first-order valence-corrected chi connectivity index (χ1v) is 4.26. The van der Waals surface area contributed by atoms with Crippen molar-refractivity contribution in [3.8, 4) is 5.75 Å². The quantitative estimate of drug-likeness (QED) is 0.657. The van der Waals surface area contributed by atoms with Gasteiger partial charge in [0, 0.05) is 17.8 Å². The van der Waals surface area contributed by atoms with Crippen molar-refractivity contribution in [1.82, 2.24) is 4.98 Å². The highest BCUT2D eigenvalue weighted by Gasteiger charge is 2.16. The minimum atomic E-state index is -1.34. The third-order valence-corrected chi connectivity index (χ3v) is 1.88. The summed E-state index contributed by atoms with van der Waals surface area (Å²) in [5, 5.41) is 26.8. The van der Waals surface area contributed by atoms with E-state index in [9.17, 15) is 14.7 Å². The second kappa shape index (κ2) is 4.43. The van der Waals surface area contributed by atoms with Crippen molar-refractivity contribution in [1.29, 1.82) is 0 Å². The zero-order chi connectivity index (χ0) is 12.3. The Bertz CT molecular complexity index is 478. The second-order valence-corrected chi connectivity index (χ2v) is 3.00. The van der Waals surface area contributed by atoms with Crippen molar-refractivity contribution in [3.63, 3.8) is 0 Å². The van der Waals surface area contributed by atoms with Crippen molar-refractivity contribution in [3.05, 3.63) is 29.1 Å². The summed E-state index contributed by atoms with van der Waals surface area (Å²) in [6, 6.07) is 0. The molecule has 0 saturated carbocycles. The molecule has 0 unspecified atom stereocenters. The Hall–Kier alpha value is -2.37. The van der Waals surface area contributed by atoms with Crippen LogP contribution in [0.5, 0.6) is 5.75 Å². The topological polar surface area (TPSA) is 108 Å². The third-order valence-electron chi connectivity index (χ3n) is 1.88. The average molecular weight is 223 g/mol. The van der Waals surface area contributed by atoms with Gasteiger partial charge < -0.3 is 15.3 Å². The molecule has 1 aromatic rings. The first-order chi connectivity index (χ1) is 7.43. The Labute approximate surface area is 90.5 Å². The van der Waals surface area contributed by atoms with E-state index in [0.717, 1.165) is 12.2 Å². The maximum Gasteiger partial charge on any atom is 0.340 e. The van der Waals surface area contributed by atoms with Gasteiger partial charge in [0.15, 0.2) is 5.75 Å². The highest BCUT2D eigenvalue weighted by molar-refractivity contribution is 5.96. The van der Waals surface area contributed by atoms with E-state index < -0.39 is 17.7 Å². The van der Waals surface area contributed by atoms with Gasteiger partial charge in [0.2, 0.25) is 0 Å². The van der Waals surface area contributed by atoms with Crippen molar-refractivity contribution >= 4 is 18.0 Å². The van der Waals surface area contributed by atoms with Crippen molar-refractivity contribution in [2.75, 3.05) is 0 Å². The lowest BCUT2D eigenvalue weighted by atomic mass is 10.1. The van der Waals surface area contributed by atoms with Crippen LogP contribution in [0.1, 0.15) is 21.6 Å². The third kappa shape index (κ3) is 2.35. The number of aliphatic carboxylic acids is 1. The highest BCUT2D eigenvalue weighted by atomic mass is 16.4. The fraction of sp³-hybridized carbons (Fsp3) is 0.100. The lowest BCUT2D eigenvalue weighted by molar-refractivity contribution is -0.131. The summed E-state index contributed by atoms with van der Waals surface area (Å²) in [6.45, 7) is 1.45. The lowest BCUT2D eigenvalue weighted by Crippen LogP contribution is -2.03. The van der Waals surface area contributed by atoms with Crippen LogP contribution >= 0.6 is 0 Å². The number of carbonyl (C=O) groups is 2. The molecule has 0 radical (unpaired) electrons. The van der Waals surface area contributed by atoms with Gasteiger partial charge in [-0.1, -0.05) is 0 Å². The number of aromatic carboxylic acids is 1. The lowest BCUT2D eigenvalue weighted by Gasteiger charge is -2.05. The van der Waals surface area contributed by atoms with Gasteiger partial charge in [-0.2, -0.15) is 0 Å². The van der Waals surface area contributed by atoms with E-state index in [-0.39, 0.29) is 16.8 Å². The Balaban J connectivity index is 3.34. The molecule has 6 nitrogen and oxygen atoms in total. The fourth-order valence-electron chi connectivity index (χ4n) is 1.12. The first-order valence-electron chi connectivity index (χ1n) is 4.26. The minimum Gasteiger partial charge on any atom is -0.505 e. The number of carboxylic acid groups (broad SMARTS) is 2. The number of aromatic hydroxyl groups is 1. The molecule has 84 valence electrons. The fourth-order valence-corrected chi connectivity index (χ4v) is 1.12. The zero-order valence-electron chi connectivity index (χ0n) is 8.34. The summed E-state index contributed by atoms with van der Waals surface area (Å²) in [5.74, 6) is -3.01. The number of hydrogen-bond donors (Lipinski definition) is 3. The van der Waals surface area contributed by atoms with Gasteiger partial charge in [-0.15, -0.1) is 0 Å². The molecule has 0 aliphatic heterocycles. The molecule has 0 fully saturated rings. The van der Waals surface area contributed by atoms with Crippen molar-refractivity contribution in [2.24, 2.45) is 0 Å². The molecule has 0 amide bonds. The van der Waals surface area contributed by atoms with Crippen LogP contribution in [-0.4, -0.2) is 32.2 Å². The molecular weight excluding hydrogens is 214 g/mol. The molecule has 1 heterocycles. The SMILES string of the molecule is Cc1ncc(/C=C/C(=O)O)c(C(=O)O)c1O. The molecule has 3 N–H and O–H groups in total. The molecule has 0 saturated heterocycles. The number of pyridine rings is 1. The average Bonchev–Trinajstić information content (AvgIpc) is 2.19. The second-order valence-electron chi connectivity index (χ2n) is 3.00. The summed E-state index contributed by atoms with van der Waals surface area (Å²) in [7, 11) is 0. The molecule has 0 bridgehead atoms. The highest BCUT2D eigenvalue weighted by Crippen LogP contribution is 2.24. The molecule has 16 heavy (non-hydrogen) atoms. The van der Waals surface area contributed by atoms with Gasteiger partial charge in [0.05, 0.1) is 5.69 Å². The maximum atomic E-state index is 10.9. The predicted octanol–water partition coefficient (Wildman–Crippen LogP) is 0.892. The van der Waals surface area contributed by atoms with Crippen molar-refractivity contribution < 1.29 is 24.9 Å². The molecule has 0 aliphatic carbocycles. The van der Waals surface area contributed by atoms with Crippen LogP contribution in [-0.2, 0) is 4.79 Å². The van der Waals surface area contributed by atoms with Crippen LogP contribution in [0.4, 0.5) is 0 Å². The number of carboxylic acids is 2. The molecule has 1 rings (SSSR count). The molecule has 1 aromatic heterocycles. The number of aromatic nitrogens is 1. The van der Waals surface area contributed by atoms with Crippen LogP contribution in [0.25, 0.3) is 6.08 Å². The summed E-state index contributed by atoms with van der Waals surface area (Å²) < 4.78 is 0. The predicted molar refractivity (Wildman–Crippen MR) is 54.3 cm³/mol. The molecule has 0 atom stereocenters. The molecule has 0 aliphatic rings. The Morgan fingerprint density at radius 2 is 2.00 bits per heavy atom. The number of aryl methyl sites for hydroxylation is 1. The molecule has 6 heteroatoms. The first kappa shape index (κ1) is 11.7. The van der Waals surface area contributed by atoms with E-state index in [1.807, 2.05) is 0 Å². The Morgan fingerprint density at radius 1 is 1.38 bits per heavy atom. The van der Waals surface area contributed by atoms with Gasteiger partial charge in [-0.25, -0.2) is 9.59 Å². The van der Waals surface area contributed by atoms with E-state index in [1.54, 1.807) is 0 Å². The molecule has 0 aromatic carbocycles. The van der Waals surface area contributed by atoms with E-state index in [4.69, 9.17) is 10.2 Å². The monoisotopic (exact) mass is 223 g/mol. The van der Waals surface area contributed by atoms with E-state index in [2.05, 4.69) is 4.98 Å². The van der Waals surface area contributed by atoms with Crippen LogP contribution in [0.2, 0.25) is 0 Å². The van der Waals surface area contributed by atoms with E-state index >= 15 is 0 Å². The number of hydrogen-bond acceptors (Lipinski definition) is 4. The largest absolute Gasteiger partial charge is 0.505 e. The summed E-state index contributed by atoms with van der Waals surface area (Å²) >= 11 is 0. The molecular formula is C10H9NO5. The summed E-state index contributed by atoms with van der Waals surface area (Å²) in [6.07, 6.45) is 3.04. The van der Waals surface area contributed by atoms with Gasteiger partial charge >= 0.3 is 11.9 Å². The normalized spacial score (nSPS) is 10.6. The standard InChI is InChI=1S/C10H9NO5/c1-5-9(14)8(10(15)16)6(4-11-5)2-3-7(12)13/h2-4,14H,1H3,(H,12,13)(H,15,16)/b3-2+. The van der Waals surface area contributed by atoms with Crippen LogP contribution in [0.15, 0.2) is 12.3 Å². The van der Waals surface area contributed by atoms with Crippen molar-refractivity contribution in [2.45, 2.75) is 6.92 Å². The van der Waals surface area contributed by atoms with Gasteiger partial charge in [0.1, 0.15) is 5.56 Å². The minimum absolute atomic E-state index is 0.0398. The summed E-state index contributed by atoms with van der Waals surface area (Å²) in [4.78, 5) is 24.9. The number of rotatable bonds is 3. The smallest absolute Gasteiger partial charge is 0.340 e. The Kier molecular flexibility index (Phi) is 3.24. The Morgan fingerprint density at radius 3 is 2.50 bits per heavy atom. The number of nitrogens with zero attached hydrogens (tertiary/aromatic N) is 1. The van der Waals surface area contributed by atoms with Crippen LogP contribution in [0, 0.1) is 6.92 Å². The zero-order valence-corrected chi connectivity index (χ0v) is 8.34. The van der Waals surface area contributed by atoms with E-state index in [0.29, 0.717) is 0 Å². The van der Waals surface area contributed by atoms with Gasteiger partial charge in [-0.05, 0) is 13.0 Å². The molecule has 0 spiro atoms. The van der Waals surface area contributed by atoms with Gasteiger partial charge in [0.25, 0.3) is 0 Å². The van der Waals surface area contributed by atoms with E-state index in [1.165, 1.54) is 13.1 Å².